The number of hydrogen-bond donors (Lipinski definition) is 0. The minimum absolute atomic E-state index is 0.335. The summed E-state index contributed by atoms with van der Waals surface area (Å²) in [6, 6.07) is 26.7. The van der Waals surface area contributed by atoms with Crippen LogP contribution in [0.3, 0.4) is 0 Å². The second-order valence-electron chi connectivity index (χ2n) is 7.93. The van der Waals surface area contributed by atoms with Crippen molar-refractivity contribution in [2.24, 2.45) is 4.99 Å². The number of hydrogen-bond acceptors (Lipinski definition) is 3. The summed E-state index contributed by atoms with van der Waals surface area (Å²) in [6.07, 6.45) is 3.30. The van der Waals surface area contributed by atoms with Gasteiger partial charge in [0.25, 0.3) is 5.91 Å². The van der Waals surface area contributed by atoms with Gasteiger partial charge in [-0.1, -0.05) is 60.1 Å². The minimum Gasteiger partial charge on any atom is -0.487 e. The van der Waals surface area contributed by atoms with Gasteiger partial charge in [-0.05, 0) is 53.6 Å². The number of fused-ring (bicyclic) bond motifs is 1. The lowest BCUT2D eigenvalue weighted by atomic mass is 10.0. The number of rotatable bonds is 7. The summed E-state index contributed by atoms with van der Waals surface area (Å²) in [6.45, 7) is 0.351. The number of carbonyl (C=O) groups excluding carboxylic acids is 1. The van der Waals surface area contributed by atoms with E-state index in [4.69, 9.17) is 16.3 Å². The van der Waals surface area contributed by atoms with Crippen molar-refractivity contribution in [1.29, 1.82) is 0 Å². The van der Waals surface area contributed by atoms with Crippen LogP contribution in [0, 0.1) is 0 Å². The Morgan fingerprint density at radius 2 is 1.71 bits per heavy atom. The van der Waals surface area contributed by atoms with Crippen LogP contribution in [0.15, 0.2) is 89.9 Å². The number of benzene rings is 3. The number of ether oxygens (including phenoxy) is 1. The standard InChI is InChI=1S/C28H24ClN3O2/c1-32(2)19-30-28(33)26(17-20-7-12-23(29)13-8-20)21-10-15-25(16-11-21)34-18-24-14-9-22-5-3-4-6-27(22)31-24/h3-17,19H,18H2,1-2H3. The molecule has 0 fully saturated rings. The van der Waals surface area contributed by atoms with Crippen LogP contribution in [0.2, 0.25) is 5.02 Å². The Hall–Kier alpha value is -3.96. The van der Waals surface area contributed by atoms with Crippen molar-refractivity contribution in [3.05, 3.63) is 107 Å². The lowest BCUT2D eigenvalue weighted by Crippen LogP contribution is -2.10. The maximum atomic E-state index is 12.9. The second-order valence-corrected chi connectivity index (χ2v) is 8.37. The molecule has 4 aromatic rings. The zero-order valence-corrected chi connectivity index (χ0v) is 19.7. The highest BCUT2D eigenvalue weighted by molar-refractivity contribution is 6.30. The van der Waals surface area contributed by atoms with Crippen molar-refractivity contribution in [3.63, 3.8) is 0 Å². The van der Waals surface area contributed by atoms with Gasteiger partial charge >= 0.3 is 0 Å². The molecule has 0 aliphatic heterocycles. The third-order valence-corrected chi connectivity index (χ3v) is 5.28. The van der Waals surface area contributed by atoms with E-state index in [1.165, 1.54) is 6.34 Å². The van der Waals surface area contributed by atoms with E-state index in [-0.39, 0.29) is 5.91 Å². The molecule has 0 aliphatic carbocycles. The Morgan fingerprint density at radius 1 is 0.971 bits per heavy atom. The lowest BCUT2D eigenvalue weighted by molar-refractivity contribution is -0.112. The number of aliphatic imine (C=N–C) groups is 1. The molecule has 1 aromatic heterocycles. The van der Waals surface area contributed by atoms with Crippen molar-refractivity contribution in [2.45, 2.75) is 6.61 Å². The molecule has 170 valence electrons. The molecule has 0 bridgehead atoms. The molecule has 1 heterocycles. The third kappa shape index (κ3) is 6.09. The van der Waals surface area contributed by atoms with Crippen LogP contribution in [0.5, 0.6) is 5.75 Å². The molecule has 34 heavy (non-hydrogen) atoms. The zero-order valence-electron chi connectivity index (χ0n) is 19.0. The van der Waals surface area contributed by atoms with Gasteiger partial charge in [0, 0.05) is 30.1 Å². The smallest absolute Gasteiger partial charge is 0.279 e. The molecule has 3 aromatic carbocycles. The molecule has 0 saturated carbocycles. The van der Waals surface area contributed by atoms with E-state index in [0.29, 0.717) is 23.0 Å². The van der Waals surface area contributed by atoms with E-state index in [1.807, 2.05) is 86.9 Å². The first-order valence-electron chi connectivity index (χ1n) is 10.8. The SMILES string of the molecule is CN(C)C=NC(=O)C(=Cc1ccc(Cl)cc1)c1ccc(OCc2ccc3ccccc3n2)cc1. The molecular formula is C28H24ClN3O2. The van der Waals surface area contributed by atoms with Gasteiger partial charge in [0.15, 0.2) is 0 Å². The summed E-state index contributed by atoms with van der Waals surface area (Å²) in [5, 5.41) is 1.73. The van der Waals surface area contributed by atoms with E-state index in [1.54, 1.807) is 23.1 Å². The Kier molecular flexibility index (Phi) is 7.35. The summed E-state index contributed by atoms with van der Waals surface area (Å²) >= 11 is 6.00. The third-order valence-electron chi connectivity index (χ3n) is 5.03. The molecule has 0 saturated heterocycles. The van der Waals surface area contributed by atoms with Crippen LogP contribution in [0.4, 0.5) is 0 Å². The van der Waals surface area contributed by atoms with E-state index in [9.17, 15) is 4.79 Å². The topological polar surface area (TPSA) is 54.8 Å². The number of amides is 1. The minimum atomic E-state index is -0.335. The van der Waals surface area contributed by atoms with Crippen molar-refractivity contribution in [1.82, 2.24) is 9.88 Å². The van der Waals surface area contributed by atoms with Crippen LogP contribution in [-0.4, -0.2) is 36.2 Å². The quantitative estimate of drug-likeness (QED) is 0.141. The largest absolute Gasteiger partial charge is 0.487 e. The normalized spacial score (nSPS) is 11.7. The summed E-state index contributed by atoms with van der Waals surface area (Å²) in [5.41, 5.74) is 3.86. The number of para-hydroxylation sites is 1. The predicted molar refractivity (Wildman–Crippen MR) is 139 cm³/mol. The Bertz CT molecular complexity index is 1340. The number of aromatic nitrogens is 1. The van der Waals surface area contributed by atoms with E-state index >= 15 is 0 Å². The van der Waals surface area contributed by atoms with Crippen molar-refractivity contribution >= 4 is 46.4 Å². The predicted octanol–water partition coefficient (Wildman–Crippen LogP) is 6.12. The first-order valence-corrected chi connectivity index (χ1v) is 11.2. The average molecular weight is 470 g/mol. The molecule has 0 radical (unpaired) electrons. The molecule has 5 nitrogen and oxygen atoms in total. The summed E-state index contributed by atoms with van der Waals surface area (Å²) < 4.78 is 5.93. The molecule has 4 rings (SSSR count). The molecule has 0 unspecified atom stereocenters. The van der Waals surface area contributed by atoms with E-state index < -0.39 is 0 Å². The Balaban J connectivity index is 1.53. The fourth-order valence-electron chi connectivity index (χ4n) is 3.31. The number of halogens is 1. The first-order chi connectivity index (χ1) is 16.5. The van der Waals surface area contributed by atoms with Gasteiger partial charge in [-0.15, -0.1) is 0 Å². The maximum Gasteiger partial charge on any atom is 0.279 e. The fourth-order valence-corrected chi connectivity index (χ4v) is 3.43. The number of carbonyl (C=O) groups is 1. The van der Waals surface area contributed by atoms with Crippen LogP contribution in [-0.2, 0) is 11.4 Å². The number of nitrogens with zero attached hydrogens (tertiary/aromatic N) is 3. The van der Waals surface area contributed by atoms with Crippen LogP contribution < -0.4 is 4.74 Å². The Morgan fingerprint density at radius 3 is 2.44 bits per heavy atom. The number of pyridine rings is 1. The molecule has 0 aliphatic rings. The van der Waals surface area contributed by atoms with Gasteiger partial charge in [0.1, 0.15) is 12.4 Å². The van der Waals surface area contributed by atoms with Gasteiger partial charge in [0.05, 0.1) is 17.5 Å². The molecule has 1 amide bonds. The van der Waals surface area contributed by atoms with Gasteiger partial charge in [-0.3, -0.25) is 4.79 Å². The van der Waals surface area contributed by atoms with Crippen LogP contribution in [0.1, 0.15) is 16.8 Å². The molecule has 0 spiro atoms. The van der Waals surface area contributed by atoms with Gasteiger partial charge < -0.3 is 9.64 Å². The summed E-state index contributed by atoms with van der Waals surface area (Å²) in [5.74, 6) is 0.353. The van der Waals surface area contributed by atoms with Gasteiger partial charge in [-0.2, -0.15) is 4.99 Å². The second kappa shape index (κ2) is 10.8. The lowest BCUT2D eigenvalue weighted by Gasteiger charge is -2.09. The molecule has 6 heteroatoms. The highest BCUT2D eigenvalue weighted by atomic mass is 35.5. The van der Waals surface area contributed by atoms with E-state index in [0.717, 1.165) is 27.7 Å². The fraction of sp³-hybridized carbons (Fsp3) is 0.107. The van der Waals surface area contributed by atoms with Crippen molar-refractivity contribution in [2.75, 3.05) is 14.1 Å². The molecule has 0 atom stereocenters. The van der Waals surface area contributed by atoms with Crippen molar-refractivity contribution < 1.29 is 9.53 Å². The maximum absolute atomic E-state index is 12.9. The summed E-state index contributed by atoms with van der Waals surface area (Å²) in [4.78, 5) is 23.3. The summed E-state index contributed by atoms with van der Waals surface area (Å²) in [7, 11) is 3.63. The van der Waals surface area contributed by atoms with Crippen LogP contribution in [0.25, 0.3) is 22.6 Å². The highest BCUT2D eigenvalue weighted by Gasteiger charge is 2.12. The Labute approximate surface area is 204 Å². The zero-order chi connectivity index (χ0) is 23.9. The van der Waals surface area contributed by atoms with Crippen molar-refractivity contribution in [3.8, 4) is 5.75 Å². The monoisotopic (exact) mass is 469 g/mol. The molecular weight excluding hydrogens is 446 g/mol. The van der Waals surface area contributed by atoms with Crippen LogP contribution >= 0.6 is 11.6 Å². The van der Waals surface area contributed by atoms with Gasteiger partial charge in [-0.25, -0.2) is 4.98 Å². The first kappa shape index (κ1) is 23.2. The highest BCUT2D eigenvalue weighted by Crippen LogP contribution is 2.24. The molecule has 0 N–H and O–H groups in total. The average Bonchev–Trinajstić information content (AvgIpc) is 2.86. The van der Waals surface area contributed by atoms with E-state index in [2.05, 4.69) is 9.98 Å². The van der Waals surface area contributed by atoms with Gasteiger partial charge in [0.2, 0.25) is 0 Å².